The zero-order valence-corrected chi connectivity index (χ0v) is 14.3. The van der Waals surface area contributed by atoms with Crippen LogP contribution in [0.1, 0.15) is 42.7 Å². The van der Waals surface area contributed by atoms with Crippen LogP contribution in [0.5, 0.6) is 0 Å². The molecule has 2 atom stereocenters. The molecule has 132 valence electrons. The van der Waals surface area contributed by atoms with E-state index in [1.54, 1.807) is 38.1 Å². The standard InChI is InChI=1S/C19H20F2N2O2/c1-11(14-7-8-17(20)18(21)10-14)22-12(2)19(25)23-16-6-4-5-15(9-16)13(3)24/h4-12,22H,1-3H3,(H,23,25)/t11-,12+/m0/s1. The number of hydrogen-bond donors (Lipinski definition) is 2. The van der Waals surface area contributed by atoms with Crippen molar-refractivity contribution in [2.24, 2.45) is 0 Å². The third-order valence-corrected chi connectivity index (χ3v) is 3.87. The number of carbonyl (C=O) groups is 2. The second-order valence-corrected chi connectivity index (χ2v) is 5.91. The maximum absolute atomic E-state index is 13.3. The van der Waals surface area contributed by atoms with Crippen LogP contribution in [0.2, 0.25) is 0 Å². The monoisotopic (exact) mass is 346 g/mol. The Bertz CT molecular complexity index is 793. The van der Waals surface area contributed by atoms with Crippen molar-refractivity contribution in [1.82, 2.24) is 5.32 Å². The van der Waals surface area contributed by atoms with E-state index in [1.807, 2.05) is 0 Å². The number of nitrogens with one attached hydrogen (secondary N) is 2. The normalized spacial score (nSPS) is 13.2. The molecule has 4 nitrogen and oxygen atoms in total. The van der Waals surface area contributed by atoms with Crippen molar-refractivity contribution < 1.29 is 18.4 Å². The van der Waals surface area contributed by atoms with Crippen molar-refractivity contribution >= 4 is 17.4 Å². The second kappa shape index (κ2) is 7.98. The Morgan fingerprint density at radius 1 is 1.00 bits per heavy atom. The molecule has 2 aromatic rings. The van der Waals surface area contributed by atoms with Gasteiger partial charge in [0.25, 0.3) is 0 Å². The summed E-state index contributed by atoms with van der Waals surface area (Å²) in [6.07, 6.45) is 0. The molecule has 0 unspecified atom stereocenters. The predicted molar refractivity (Wildman–Crippen MR) is 92.4 cm³/mol. The minimum absolute atomic E-state index is 0.0887. The van der Waals surface area contributed by atoms with Crippen LogP contribution in [0.25, 0.3) is 0 Å². The van der Waals surface area contributed by atoms with Gasteiger partial charge >= 0.3 is 0 Å². The zero-order chi connectivity index (χ0) is 18.6. The molecule has 0 fully saturated rings. The Labute approximate surface area is 145 Å². The van der Waals surface area contributed by atoms with Gasteiger partial charge in [-0.1, -0.05) is 18.2 Å². The van der Waals surface area contributed by atoms with Crippen molar-refractivity contribution in [2.75, 3.05) is 5.32 Å². The lowest BCUT2D eigenvalue weighted by Crippen LogP contribution is -2.39. The Balaban J connectivity index is 2.01. The molecule has 0 radical (unpaired) electrons. The number of hydrogen-bond acceptors (Lipinski definition) is 3. The Hall–Kier alpha value is -2.60. The molecule has 1 amide bonds. The summed E-state index contributed by atoms with van der Waals surface area (Å²) in [7, 11) is 0. The van der Waals surface area contributed by atoms with Gasteiger partial charge in [0.2, 0.25) is 5.91 Å². The van der Waals surface area contributed by atoms with E-state index < -0.39 is 17.7 Å². The fraction of sp³-hybridized carbons (Fsp3) is 0.263. The summed E-state index contributed by atoms with van der Waals surface area (Å²) in [5, 5.41) is 5.76. The maximum Gasteiger partial charge on any atom is 0.241 e. The third kappa shape index (κ3) is 4.93. The van der Waals surface area contributed by atoms with Crippen LogP contribution in [0.15, 0.2) is 42.5 Å². The van der Waals surface area contributed by atoms with Crippen molar-refractivity contribution in [2.45, 2.75) is 32.9 Å². The van der Waals surface area contributed by atoms with Gasteiger partial charge in [-0.3, -0.25) is 14.9 Å². The number of ketones is 1. The summed E-state index contributed by atoms with van der Waals surface area (Å²) < 4.78 is 26.3. The van der Waals surface area contributed by atoms with Gasteiger partial charge in [0, 0.05) is 17.3 Å². The molecule has 6 heteroatoms. The second-order valence-electron chi connectivity index (χ2n) is 5.91. The average molecular weight is 346 g/mol. The molecule has 25 heavy (non-hydrogen) atoms. The third-order valence-electron chi connectivity index (χ3n) is 3.87. The molecule has 0 aliphatic carbocycles. The van der Waals surface area contributed by atoms with Gasteiger partial charge in [-0.25, -0.2) is 8.78 Å². The lowest BCUT2D eigenvalue weighted by molar-refractivity contribution is -0.117. The smallest absolute Gasteiger partial charge is 0.241 e. The largest absolute Gasteiger partial charge is 0.325 e. The highest BCUT2D eigenvalue weighted by Gasteiger charge is 2.17. The number of amides is 1. The van der Waals surface area contributed by atoms with E-state index in [2.05, 4.69) is 10.6 Å². The minimum Gasteiger partial charge on any atom is -0.325 e. The first-order valence-electron chi connectivity index (χ1n) is 7.91. The van der Waals surface area contributed by atoms with E-state index >= 15 is 0 Å². The fourth-order valence-corrected chi connectivity index (χ4v) is 2.40. The van der Waals surface area contributed by atoms with Crippen molar-refractivity contribution in [3.05, 3.63) is 65.2 Å². The predicted octanol–water partition coefficient (Wildman–Crippen LogP) is 3.85. The van der Waals surface area contributed by atoms with Gasteiger partial charge in [0.05, 0.1) is 6.04 Å². The molecule has 0 saturated heterocycles. The molecular formula is C19H20F2N2O2. The lowest BCUT2D eigenvalue weighted by atomic mass is 10.1. The van der Waals surface area contributed by atoms with Crippen molar-refractivity contribution in [1.29, 1.82) is 0 Å². The highest BCUT2D eigenvalue weighted by Crippen LogP contribution is 2.17. The van der Waals surface area contributed by atoms with Crippen LogP contribution in [0, 0.1) is 11.6 Å². The molecule has 0 bridgehead atoms. The number of carbonyl (C=O) groups excluding carboxylic acids is 2. The lowest BCUT2D eigenvalue weighted by Gasteiger charge is -2.20. The first kappa shape index (κ1) is 18.7. The summed E-state index contributed by atoms with van der Waals surface area (Å²) in [5.74, 6) is -2.22. The zero-order valence-electron chi connectivity index (χ0n) is 14.3. The molecule has 2 N–H and O–H groups in total. The summed E-state index contributed by atoms with van der Waals surface area (Å²) >= 11 is 0. The topological polar surface area (TPSA) is 58.2 Å². The fourth-order valence-electron chi connectivity index (χ4n) is 2.40. The number of rotatable bonds is 6. The summed E-state index contributed by atoms with van der Waals surface area (Å²) in [6, 6.07) is 9.36. The van der Waals surface area contributed by atoms with E-state index in [1.165, 1.54) is 13.0 Å². The van der Waals surface area contributed by atoms with E-state index in [9.17, 15) is 18.4 Å². The van der Waals surface area contributed by atoms with Gasteiger partial charge in [-0.15, -0.1) is 0 Å². The van der Waals surface area contributed by atoms with Gasteiger partial charge in [-0.2, -0.15) is 0 Å². The van der Waals surface area contributed by atoms with Crippen LogP contribution in [-0.2, 0) is 4.79 Å². The summed E-state index contributed by atoms with van der Waals surface area (Å²) in [4.78, 5) is 23.7. The average Bonchev–Trinajstić information content (AvgIpc) is 2.57. The van der Waals surface area contributed by atoms with E-state index in [0.717, 1.165) is 12.1 Å². The van der Waals surface area contributed by atoms with Crippen LogP contribution in [0.3, 0.4) is 0 Å². The highest BCUT2D eigenvalue weighted by atomic mass is 19.2. The number of benzene rings is 2. The first-order valence-corrected chi connectivity index (χ1v) is 7.91. The van der Waals surface area contributed by atoms with Crippen LogP contribution in [0.4, 0.5) is 14.5 Å². The first-order chi connectivity index (χ1) is 11.8. The van der Waals surface area contributed by atoms with Crippen LogP contribution >= 0.6 is 0 Å². The summed E-state index contributed by atoms with van der Waals surface area (Å²) in [5.41, 5.74) is 1.57. The molecule has 2 rings (SSSR count). The van der Waals surface area contributed by atoms with Gasteiger partial charge < -0.3 is 5.32 Å². The molecule has 0 aliphatic heterocycles. The van der Waals surface area contributed by atoms with E-state index in [0.29, 0.717) is 16.8 Å². The van der Waals surface area contributed by atoms with Crippen molar-refractivity contribution in [3.8, 4) is 0 Å². The Morgan fingerprint density at radius 3 is 2.36 bits per heavy atom. The van der Waals surface area contributed by atoms with Crippen LogP contribution in [-0.4, -0.2) is 17.7 Å². The quantitative estimate of drug-likeness (QED) is 0.781. The van der Waals surface area contributed by atoms with Crippen LogP contribution < -0.4 is 10.6 Å². The SMILES string of the molecule is CC(=O)c1cccc(NC(=O)[C@@H](C)N[C@@H](C)c2ccc(F)c(F)c2)c1. The van der Waals surface area contributed by atoms with E-state index in [-0.39, 0.29) is 17.7 Å². The molecule has 0 aromatic heterocycles. The van der Waals surface area contributed by atoms with Crippen molar-refractivity contribution in [3.63, 3.8) is 0 Å². The molecule has 2 aromatic carbocycles. The van der Waals surface area contributed by atoms with Gasteiger partial charge in [0.15, 0.2) is 17.4 Å². The number of anilines is 1. The Morgan fingerprint density at radius 2 is 1.72 bits per heavy atom. The van der Waals surface area contributed by atoms with Gasteiger partial charge in [-0.05, 0) is 50.6 Å². The number of Topliss-reactive ketones (excluding diaryl/α,β-unsaturated/α-hetero) is 1. The molecule has 0 saturated carbocycles. The van der Waals surface area contributed by atoms with Gasteiger partial charge in [0.1, 0.15) is 0 Å². The Kier molecular flexibility index (Phi) is 5.98. The molecular weight excluding hydrogens is 326 g/mol. The minimum atomic E-state index is -0.927. The maximum atomic E-state index is 13.3. The summed E-state index contributed by atoms with van der Waals surface area (Å²) in [6.45, 7) is 4.88. The van der Waals surface area contributed by atoms with E-state index in [4.69, 9.17) is 0 Å². The number of halogens is 2. The molecule has 0 aliphatic rings. The molecule has 0 spiro atoms. The molecule has 0 heterocycles. The highest BCUT2D eigenvalue weighted by molar-refractivity contribution is 5.98.